The minimum absolute atomic E-state index is 0.0167. The third-order valence-corrected chi connectivity index (χ3v) is 7.31. The predicted octanol–water partition coefficient (Wildman–Crippen LogP) is 3.10. The molecule has 178 valence electrons. The molecule has 0 aliphatic carbocycles. The summed E-state index contributed by atoms with van der Waals surface area (Å²) in [6, 6.07) is 16.5. The SMILES string of the molecule is CC(=O)N[C@@H](Cc1ccc(C2CC(=O)NS2(O)O)cc1)C(=O)NCCCCc1ccccc1. The third-order valence-electron chi connectivity index (χ3n) is 5.55. The fraction of sp³-hybridized carbons (Fsp3) is 0.375. The van der Waals surface area contributed by atoms with Crippen molar-refractivity contribution >= 4 is 28.5 Å². The first-order valence-corrected chi connectivity index (χ1v) is 12.6. The molecule has 3 amide bonds. The van der Waals surface area contributed by atoms with Crippen molar-refractivity contribution in [3.05, 3.63) is 71.3 Å². The van der Waals surface area contributed by atoms with Crippen LogP contribution in [0.4, 0.5) is 0 Å². The molecule has 1 aliphatic rings. The van der Waals surface area contributed by atoms with Crippen molar-refractivity contribution in [2.24, 2.45) is 0 Å². The number of hydrogen-bond acceptors (Lipinski definition) is 5. The van der Waals surface area contributed by atoms with Gasteiger partial charge in [-0.15, -0.1) is 10.8 Å². The van der Waals surface area contributed by atoms with Crippen LogP contribution in [0.25, 0.3) is 0 Å². The zero-order valence-corrected chi connectivity index (χ0v) is 19.4. The minimum Gasteiger partial charge on any atom is -0.354 e. The Balaban J connectivity index is 1.52. The molecule has 1 unspecified atom stereocenters. The standard InChI is InChI=1S/C24H31N3O5S/c1-17(28)26-21(24(30)25-14-6-5-9-18-7-3-2-4-8-18)15-19-10-12-20(13-11-19)22-16-23(29)27-33(22,31)32/h2-4,7-8,10-13,21-22,31-32H,5-6,9,14-16H2,1H3,(H,25,30)(H,26,28)(H,27,29)/t21-,22?/m0/s1. The van der Waals surface area contributed by atoms with Crippen LogP contribution in [-0.4, -0.2) is 39.4 Å². The largest absolute Gasteiger partial charge is 0.354 e. The van der Waals surface area contributed by atoms with Crippen LogP contribution in [0.3, 0.4) is 0 Å². The van der Waals surface area contributed by atoms with E-state index in [9.17, 15) is 23.5 Å². The molecule has 3 rings (SSSR count). The molecule has 0 aromatic heterocycles. The third kappa shape index (κ3) is 7.31. The molecule has 1 fully saturated rings. The number of nitrogens with one attached hydrogen (secondary N) is 3. The monoisotopic (exact) mass is 473 g/mol. The lowest BCUT2D eigenvalue weighted by Crippen LogP contribution is -2.47. The summed E-state index contributed by atoms with van der Waals surface area (Å²) in [7, 11) is -3.21. The Hall–Kier alpha value is -2.88. The second-order valence-electron chi connectivity index (χ2n) is 8.24. The van der Waals surface area contributed by atoms with E-state index in [1.807, 2.05) is 18.2 Å². The molecule has 5 N–H and O–H groups in total. The van der Waals surface area contributed by atoms with Crippen LogP contribution in [-0.2, 0) is 27.2 Å². The molecule has 9 heteroatoms. The van der Waals surface area contributed by atoms with Gasteiger partial charge in [0, 0.05) is 19.9 Å². The second kappa shape index (κ2) is 11.3. The van der Waals surface area contributed by atoms with Crippen LogP contribution in [0.15, 0.2) is 54.6 Å². The minimum atomic E-state index is -3.21. The van der Waals surface area contributed by atoms with E-state index in [0.29, 0.717) is 18.5 Å². The van der Waals surface area contributed by atoms with Crippen LogP contribution in [0.5, 0.6) is 0 Å². The number of aryl methyl sites for hydroxylation is 1. The van der Waals surface area contributed by atoms with Crippen LogP contribution < -0.4 is 15.4 Å². The normalized spacial score (nSPS) is 18.8. The van der Waals surface area contributed by atoms with Crippen LogP contribution in [0, 0.1) is 0 Å². The molecule has 33 heavy (non-hydrogen) atoms. The number of carbonyl (C=O) groups excluding carboxylic acids is 3. The number of carbonyl (C=O) groups is 3. The molecular weight excluding hydrogens is 442 g/mol. The Morgan fingerprint density at radius 2 is 1.76 bits per heavy atom. The van der Waals surface area contributed by atoms with Gasteiger partial charge in [0.2, 0.25) is 17.7 Å². The molecule has 1 heterocycles. The van der Waals surface area contributed by atoms with Gasteiger partial charge in [-0.3, -0.25) is 28.2 Å². The van der Waals surface area contributed by atoms with Crippen molar-refractivity contribution in [2.75, 3.05) is 6.54 Å². The lowest BCUT2D eigenvalue weighted by molar-refractivity contribution is -0.128. The molecule has 1 saturated heterocycles. The van der Waals surface area contributed by atoms with Crippen molar-refractivity contribution in [3.8, 4) is 0 Å². The molecule has 0 bridgehead atoms. The fourth-order valence-electron chi connectivity index (χ4n) is 3.86. The van der Waals surface area contributed by atoms with Gasteiger partial charge in [-0.1, -0.05) is 54.6 Å². The highest BCUT2D eigenvalue weighted by molar-refractivity contribution is 8.23. The van der Waals surface area contributed by atoms with Gasteiger partial charge in [-0.05, 0) is 36.0 Å². The Bertz CT molecular complexity index is 966. The maximum absolute atomic E-state index is 12.7. The molecule has 0 radical (unpaired) electrons. The Morgan fingerprint density at radius 3 is 2.36 bits per heavy atom. The van der Waals surface area contributed by atoms with E-state index < -0.39 is 28.0 Å². The highest BCUT2D eigenvalue weighted by Gasteiger charge is 2.37. The highest BCUT2D eigenvalue weighted by Crippen LogP contribution is 2.56. The summed E-state index contributed by atoms with van der Waals surface area (Å²) in [4.78, 5) is 35.8. The van der Waals surface area contributed by atoms with E-state index in [1.165, 1.54) is 12.5 Å². The highest BCUT2D eigenvalue weighted by atomic mass is 32.3. The number of benzene rings is 2. The van der Waals surface area contributed by atoms with Crippen molar-refractivity contribution in [3.63, 3.8) is 0 Å². The predicted molar refractivity (Wildman–Crippen MR) is 128 cm³/mol. The summed E-state index contributed by atoms with van der Waals surface area (Å²) >= 11 is 0. The van der Waals surface area contributed by atoms with E-state index >= 15 is 0 Å². The van der Waals surface area contributed by atoms with Crippen molar-refractivity contribution in [1.29, 1.82) is 0 Å². The molecule has 2 atom stereocenters. The number of hydrogen-bond donors (Lipinski definition) is 5. The molecule has 8 nitrogen and oxygen atoms in total. The average molecular weight is 474 g/mol. The molecule has 2 aromatic rings. The first-order valence-electron chi connectivity index (χ1n) is 11.0. The van der Waals surface area contributed by atoms with Gasteiger partial charge in [0.25, 0.3) is 0 Å². The van der Waals surface area contributed by atoms with Crippen LogP contribution >= 0.6 is 10.8 Å². The first kappa shape index (κ1) is 24.8. The van der Waals surface area contributed by atoms with E-state index in [2.05, 4.69) is 27.5 Å². The number of amides is 3. The lowest BCUT2D eigenvalue weighted by Gasteiger charge is -2.32. The zero-order chi connectivity index (χ0) is 23.8. The van der Waals surface area contributed by atoms with Gasteiger partial charge in [0.1, 0.15) is 11.3 Å². The van der Waals surface area contributed by atoms with E-state index in [-0.39, 0.29) is 18.2 Å². The van der Waals surface area contributed by atoms with E-state index in [4.69, 9.17) is 0 Å². The molecule has 2 aromatic carbocycles. The van der Waals surface area contributed by atoms with E-state index in [1.54, 1.807) is 24.3 Å². The average Bonchev–Trinajstić information content (AvgIpc) is 3.05. The number of rotatable bonds is 10. The second-order valence-corrected chi connectivity index (χ2v) is 10.2. The Morgan fingerprint density at radius 1 is 1.06 bits per heavy atom. The smallest absolute Gasteiger partial charge is 0.242 e. The quantitative estimate of drug-likeness (QED) is 0.339. The Labute approximate surface area is 195 Å². The van der Waals surface area contributed by atoms with Gasteiger partial charge in [0.15, 0.2) is 0 Å². The molecule has 0 saturated carbocycles. The van der Waals surface area contributed by atoms with Gasteiger partial charge in [-0.2, -0.15) is 0 Å². The van der Waals surface area contributed by atoms with Gasteiger partial charge in [0.05, 0.1) is 6.42 Å². The Kier molecular flexibility index (Phi) is 8.49. The lowest BCUT2D eigenvalue weighted by atomic mass is 10.0. The van der Waals surface area contributed by atoms with E-state index in [0.717, 1.165) is 24.8 Å². The summed E-state index contributed by atoms with van der Waals surface area (Å²) in [5.41, 5.74) is 2.71. The maximum Gasteiger partial charge on any atom is 0.242 e. The molecule has 0 spiro atoms. The summed E-state index contributed by atoms with van der Waals surface area (Å²) < 4.78 is 22.3. The summed E-state index contributed by atoms with van der Waals surface area (Å²) in [5.74, 6) is -0.927. The maximum atomic E-state index is 12.7. The van der Waals surface area contributed by atoms with Gasteiger partial charge >= 0.3 is 0 Å². The van der Waals surface area contributed by atoms with Crippen molar-refractivity contribution in [2.45, 2.75) is 50.3 Å². The van der Waals surface area contributed by atoms with Crippen molar-refractivity contribution in [1.82, 2.24) is 15.4 Å². The summed E-state index contributed by atoms with van der Waals surface area (Å²) in [6.45, 7) is 1.90. The fourth-order valence-corrected chi connectivity index (χ4v) is 5.35. The van der Waals surface area contributed by atoms with Crippen LogP contribution in [0.2, 0.25) is 0 Å². The molecular formula is C24H31N3O5S. The zero-order valence-electron chi connectivity index (χ0n) is 18.6. The van der Waals surface area contributed by atoms with Gasteiger partial charge < -0.3 is 10.6 Å². The van der Waals surface area contributed by atoms with Crippen LogP contribution in [0.1, 0.15) is 48.1 Å². The topological polar surface area (TPSA) is 128 Å². The number of unbranched alkanes of at least 4 members (excludes halogenated alkanes) is 1. The van der Waals surface area contributed by atoms with Crippen molar-refractivity contribution < 1.29 is 23.5 Å². The van der Waals surface area contributed by atoms with Gasteiger partial charge in [-0.25, -0.2) is 0 Å². The summed E-state index contributed by atoms with van der Waals surface area (Å²) in [6.07, 6.45) is 3.05. The molecule has 1 aliphatic heterocycles. The first-order chi connectivity index (χ1) is 15.7. The summed E-state index contributed by atoms with van der Waals surface area (Å²) in [5, 5.41) is 4.92.